The number of halogens is 1. The molecule has 0 unspecified atom stereocenters. The molecule has 1 aliphatic rings. The van der Waals surface area contributed by atoms with Gasteiger partial charge in [0, 0.05) is 17.7 Å². The van der Waals surface area contributed by atoms with E-state index in [1.807, 2.05) is 22.9 Å². The number of nitriles is 1. The summed E-state index contributed by atoms with van der Waals surface area (Å²) in [5, 5.41) is 17.7. The molecule has 0 radical (unpaired) electrons. The fraction of sp³-hybridized carbons (Fsp3) is 0.200. The van der Waals surface area contributed by atoms with Crippen LogP contribution in [0.4, 0.5) is 10.2 Å². The molecule has 0 amide bonds. The Morgan fingerprint density at radius 3 is 2.68 bits per heavy atom. The highest BCUT2D eigenvalue weighted by Crippen LogP contribution is 2.34. The molecule has 1 N–H and O–H groups in total. The van der Waals surface area contributed by atoms with Crippen LogP contribution in [0.3, 0.4) is 0 Å². The van der Waals surface area contributed by atoms with Gasteiger partial charge in [-0.3, -0.25) is 0 Å². The smallest absolute Gasteiger partial charge is 0.133 e. The number of rotatable bonds is 2. The minimum Gasteiger partial charge on any atom is -0.370 e. The highest BCUT2D eigenvalue weighted by molar-refractivity contribution is 5.72. The van der Waals surface area contributed by atoms with Gasteiger partial charge in [-0.2, -0.15) is 10.4 Å². The first-order valence-electron chi connectivity index (χ1n) is 8.39. The lowest BCUT2D eigenvalue weighted by Crippen LogP contribution is -2.08. The monoisotopic (exact) mass is 332 g/mol. The van der Waals surface area contributed by atoms with Crippen LogP contribution in [0.25, 0.3) is 16.9 Å². The van der Waals surface area contributed by atoms with Crippen molar-refractivity contribution in [3.8, 4) is 23.0 Å². The molecule has 2 heterocycles. The van der Waals surface area contributed by atoms with Gasteiger partial charge in [-0.15, -0.1) is 0 Å². The number of fused-ring (bicyclic) bond motifs is 1. The van der Waals surface area contributed by atoms with E-state index in [2.05, 4.69) is 11.4 Å². The lowest BCUT2D eigenvalue weighted by Gasteiger charge is -2.10. The van der Waals surface area contributed by atoms with Crippen LogP contribution in [0.5, 0.6) is 0 Å². The quantitative estimate of drug-likeness (QED) is 0.761. The number of nitrogens with one attached hydrogen (secondary N) is 1. The first-order valence-corrected chi connectivity index (χ1v) is 8.39. The van der Waals surface area contributed by atoms with Gasteiger partial charge < -0.3 is 5.32 Å². The van der Waals surface area contributed by atoms with E-state index < -0.39 is 0 Å². The summed E-state index contributed by atoms with van der Waals surface area (Å²) in [7, 11) is 0. The zero-order chi connectivity index (χ0) is 17.2. The number of anilines is 1. The Morgan fingerprint density at radius 2 is 1.88 bits per heavy atom. The molecule has 1 aromatic heterocycles. The molecule has 0 bridgehead atoms. The molecule has 124 valence electrons. The summed E-state index contributed by atoms with van der Waals surface area (Å²) >= 11 is 0. The molecule has 0 saturated carbocycles. The van der Waals surface area contributed by atoms with Crippen molar-refractivity contribution in [2.75, 3.05) is 11.9 Å². The second-order valence-electron chi connectivity index (χ2n) is 6.11. The lowest BCUT2D eigenvalue weighted by molar-refractivity contribution is 0.628. The van der Waals surface area contributed by atoms with Crippen LogP contribution in [-0.2, 0) is 6.42 Å². The molecule has 0 spiro atoms. The Morgan fingerprint density at radius 1 is 1.08 bits per heavy atom. The molecule has 25 heavy (non-hydrogen) atoms. The van der Waals surface area contributed by atoms with Gasteiger partial charge in [0.15, 0.2) is 0 Å². The molecule has 0 atom stereocenters. The molecule has 0 aliphatic carbocycles. The topological polar surface area (TPSA) is 53.6 Å². The molecular weight excluding hydrogens is 315 g/mol. The van der Waals surface area contributed by atoms with Crippen LogP contribution in [0, 0.1) is 17.1 Å². The number of nitrogens with zero attached hydrogens (tertiary/aromatic N) is 3. The molecule has 3 aromatic rings. The molecule has 4 rings (SSSR count). The number of aromatic nitrogens is 2. The van der Waals surface area contributed by atoms with Crippen LogP contribution < -0.4 is 5.32 Å². The van der Waals surface area contributed by atoms with Gasteiger partial charge >= 0.3 is 0 Å². The van der Waals surface area contributed by atoms with Crippen LogP contribution in [0.2, 0.25) is 0 Å². The van der Waals surface area contributed by atoms with Crippen LogP contribution in [-0.4, -0.2) is 16.3 Å². The van der Waals surface area contributed by atoms with E-state index in [0.717, 1.165) is 54.1 Å². The van der Waals surface area contributed by atoms with Crippen molar-refractivity contribution in [2.45, 2.75) is 19.3 Å². The average Bonchev–Trinajstić information content (AvgIpc) is 2.83. The molecule has 5 heteroatoms. The third kappa shape index (κ3) is 2.76. The normalized spacial score (nSPS) is 13.4. The highest BCUT2D eigenvalue weighted by Gasteiger charge is 2.22. The predicted molar refractivity (Wildman–Crippen MR) is 95.1 cm³/mol. The van der Waals surface area contributed by atoms with Crippen molar-refractivity contribution < 1.29 is 4.39 Å². The van der Waals surface area contributed by atoms with E-state index in [9.17, 15) is 9.65 Å². The van der Waals surface area contributed by atoms with Crippen LogP contribution in [0.1, 0.15) is 24.0 Å². The Balaban J connectivity index is 1.94. The number of hydrogen-bond acceptors (Lipinski definition) is 3. The lowest BCUT2D eigenvalue weighted by atomic mass is 10.0. The van der Waals surface area contributed by atoms with E-state index >= 15 is 0 Å². The van der Waals surface area contributed by atoms with Gasteiger partial charge in [-0.25, -0.2) is 9.07 Å². The third-order valence-corrected chi connectivity index (χ3v) is 4.50. The van der Waals surface area contributed by atoms with E-state index in [1.165, 1.54) is 12.1 Å². The molecular formula is C20H17FN4. The maximum absolute atomic E-state index is 13.3. The second kappa shape index (κ2) is 6.40. The summed E-state index contributed by atoms with van der Waals surface area (Å²) in [6.45, 7) is 0.871. The van der Waals surface area contributed by atoms with Gasteiger partial charge in [-0.1, -0.05) is 12.1 Å². The zero-order valence-electron chi connectivity index (χ0n) is 13.7. The van der Waals surface area contributed by atoms with Crippen molar-refractivity contribution in [1.29, 1.82) is 5.26 Å². The largest absolute Gasteiger partial charge is 0.370 e. The summed E-state index contributed by atoms with van der Waals surface area (Å²) in [4.78, 5) is 0. The summed E-state index contributed by atoms with van der Waals surface area (Å²) < 4.78 is 15.1. The molecule has 2 aromatic carbocycles. The maximum Gasteiger partial charge on any atom is 0.133 e. The minimum atomic E-state index is -0.262. The first-order chi connectivity index (χ1) is 12.3. The Hall–Kier alpha value is -3.13. The molecule has 4 nitrogen and oxygen atoms in total. The van der Waals surface area contributed by atoms with E-state index in [0.29, 0.717) is 5.56 Å². The minimum absolute atomic E-state index is 0.262. The van der Waals surface area contributed by atoms with Crippen molar-refractivity contribution in [1.82, 2.24) is 9.78 Å². The molecule has 0 saturated heterocycles. The van der Waals surface area contributed by atoms with Gasteiger partial charge in [0.05, 0.1) is 16.9 Å². The predicted octanol–water partition coefficient (Wildman–Crippen LogP) is 4.30. The SMILES string of the molecule is N#Cc1ccccc1-n1nc(-c2ccc(F)cc2)c2c1NCCCC2. The molecule has 0 fully saturated rings. The van der Waals surface area contributed by atoms with Crippen molar-refractivity contribution in [3.05, 3.63) is 65.5 Å². The first kappa shape index (κ1) is 15.4. The van der Waals surface area contributed by atoms with Crippen molar-refractivity contribution in [2.24, 2.45) is 0 Å². The van der Waals surface area contributed by atoms with Gasteiger partial charge in [-0.05, 0) is 55.7 Å². The number of para-hydroxylation sites is 1. The Bertz CT molecular complexity index is 951. The zero-order valence-corrected chi connectivity index (χ0v) is 13.7. The van der Waals surface area contributed by atoms with E-state index in [1.54, 1.807) is 18.2 Å². The number of hydrogen-bond donors (Lipinski definition) is 1. The van der Waals surface area contributed by atoms with Gasteiger partial charge in [0.1, 0.15) is 17.7 Å². The Kier molecular flexibility index (Phi) is 3.95. The summed E-state index contributed by atoms with van der Waals surface area (Å²) in [5.74, 6) is 0.668. The summed E-state index contributed by atoms with van der Waals surface area (Å²) in [6, 6.07) is 16.1. The third-order valence-electron chi connectivity index (χ3n) is 4.50. The van der Waals surface area contributed by atoms with Gasteiger partial charge in [0.2, 0.25) is 0 Å². The summed E-state index contributed by atoms with van der Waals surface area (Å²) in [5.41, 5.74) is 4.18. The van der Waals surface area contributed by atoms with Crippen molar-refractivity contribution in [3.63, 3.8) is 0 Å². The highest BCUT2D eigenvalue weighted by atomic mass is 19.1. The average molecular weight is 332 g/mol. The van der Waals surface area contributed by atoms with Crippen LogP contribution >= 0.6 is 0 Å². The van der Waals surface area contributed by atoms with Crippen LogP contribution in [0.15, 0.2) is 48.5 Å². The standard InChI is InChI=1S/C20H17FN4/c21-16-10-8-14(9-11-16)19-17-6-3-4-12-23-20(17)25(24-19)18-7-2-1-5-15(18)13-22/h1-2,5,7-11,23H,3-4,6,12H2. The summed E-state index contributed by atoms with van der Waals surface area (Å²) in [6.07, 6.45) is 3.06. The van der Waals surface area contributed by atoms with E-state index in [-0.39, 0.29) is 5.82 Å². The fourth-order valence-corrected chi connectivity index (χ4v) is 3.27. The van der Waals surface area contributed by atoms with Crippen molar-refractivity contribution >= 4 is 5.82 Å². The molecule has 1 aliphatic heterocycles. The van der Waals surface area contributed by atoms with E-state index in [4.69, 9.17) is 5.10 Å². The van der Waals surface area contributed by atoms with Gasteiger partial charge in [0.25, 0.3) is 0 Å². The Labute approximate surface area is 145 Å². The fourth-order valence-electron chi connectivity index (χ4n) is 3.27. The second-order valence-corrected chi connectivity index (χ2v) is 6.11. The maximum atomic E-state index is 13.3. The number of benzene rings is 2.